The summed E-state index contributed by atoms with van der Waals surface area (Å²) in [6, 6.07) is 2.92. The Hall–Kier alpha value is -0.340. The molecule has 0 saturated heterocycles. The zero-order chi connectivity index (χ0) is 11.4. The molecular formula is C14H23NS. The van der Waals surface area contributed by atoms with Crippen LogP contribution < -0.4 is 5.32 Å². The minimum absolute atomic E-state index is 0.577. The summed E-state index contributed by atoms with van der Waals surface area (Å²) >= 11 is 1.87. The molecule has 1 aromatic heterocycles. The Morgan fingerprint density at radius 3 is 2.69 bits per heavy atom. The molecule has 1 N–H and O–H groups in total. The number of rotatable bonds is 4. The van der Waals surface area contributed by atoms with Crippen molar-refractivity contribution in [3.63, 3.8) is 0 Å². The lowest BCUT2D eigenvalue weighted by atomic mass is 9.84. The second-order valence-electron chi connectivity index (χ2n) is 5.07. The number of aryl methyl sites for hydroxylation is 1. The third-order valence-corrected chi connectivity index (χ3v) is 4.68. The number of nitrogens with one attached hydrogen (secondary N) is 1. The van der Waals surface area contributed by atoms with Gasteiger partial charge in [0.25, 0.3) is 0 Å². The summed E-state index contributed by atoms with van der Waals surface area (Å²) in [5.74, 6) is 0.950. The van der Waals surface area contributed by atoms with Gasteiger partial charge in [-0.25, -0.2) is 0 Å². The summed E-state index contributed by atoms with van der Waals surface area (Å²) in [6.45, 7) is 2.20. The van der Waals surface area contributed by atoms with Gasteiger partial charge in [0.05, 0.1) is 0 Å². The fraction of sp³-hybridized carbons (Fsp3) is 0.714. The predicted octanol–water partition coefficient (Wildman–Crippen LogP) is 4.29. The lowest BCUT2D eigenvalue weighted by Gasteiger charge is -2.26. The first kappa shape index (κ1) is 12.1. The van der Waals surface area contributed by atoms with Crippen molar-refractivity contribution in [1.29, 1.82) is 0 Å². The van der Waals surface area contributed by atoms with Crippen LogP contribution in [-0.4, -0.2) is 7.05 Å². The van der Waals surface area contributed by atoms with Crippen molar-refractivity contribution < 1.29 is 0 Å². The summed E-state index contributed by atoms with van der Waals surface area (Å²) in [6.07, 6.45) is 8.57. The van der Waals surface area contributed by atoms with Crippen LogP contribution in [0.3, 0.4) is 0 Å². The highest BCUT2D eigenvalue weighted by atomic mass is 32.1. The summed E-state index contributed by atoms with van der Waals surface area (Å²) < 4.78 is 0. The highest BCUT2D eigenvalue weighted by Crippen LogP contribution is 2.32. The third-order valence-electron chi connectivity index (χ3n) is 3.80. The number of hydrogen-bond donors (Lipinski definition) is 1. The molecule has 90 valence electrons. The summed E-state index contributed by atoms with van der Waals surface area (Å²) in [7, 11) is 2.10. The minimum Gasteiger partial charge on any atom is -0.313 e. The Morgan fingerprint density at radius 2 is 2.12 bits per heavy atom. The zero-order valence-electron chi connectivity index (χ0n) is 10.5. The molecule has 1 fully saturated rings. The Morgan fingerprint density at radius 1 is 1.38 bits per heavy atom. The largest absolute Gasteiger partial charge is 0.313 e. The van der Waals surface area contributed by atoms with Crippen LogP contribution in [-0.2, 0) is 0 Å². The highest BCUT2D eigenvalue weighted by molar-refractivity contribution is 7.10. The van der Waals surface area contributed by atoms with E-state index in [4.69, 9.17) is 0 Å². The van der Waals surface area contributed by atoms with Gasteiger partial charge >= 0.3 is 0 Å². The van der Waals surface area contributed by atoms with E-state index < -0.39 is 0 Å². The first-order valence-corrected chi connectivity index (χ1v) is 7.40. The van der Waals surface area contributed by atoms with Crippen molar-refractivity contribution in [3.8, 4) is 0 Å². The lowest BCUT2D eigenvalue weighted by Crippen LogP contribution is -2.20. The van der Waals surface area contributed by atoms with Crippen LogP contribution in [0.1, 0.15) is 55.0 Å². The second kappa shape index (κ2) is 5.83. The second-order valence-corrected chi connectivity index (χ2v) is 6.19. The lowest BCUT2D eigenvalue weighted by molar-refractivity contribution is 0.306. The minimum atomic E-state index is 0.577. The van der Waals surface area contributed by atoms with Crippen LogP contribution in [0.2, 0.25) is 0 Å². The molecule has 1 aliphatic rings. The predicted molar refractivity (Wildman–Crippen MR) is 72.0 cm³/mol. The molecule has 0 aromatic carbocycles. The smallest absolute Gasteiger partial charge is 0.0328 e. The first-order valence-electron chi connectivity index (χ1n) is 6.52. The van der Waals surface area contributed by atoms with E-state index in [-0.39, 0.29) is 0 Å². The van der Waals surface area contributed by atoms with Gasteiger partial charge in [0.15, 0.2) is 0 Å². The molecule has 16 heavy (non-hydrogen) atoms. The normalized spacial score (nSPS) is 19.9. The molecule has 1 nitrogen and oxygen atoms in total. The topological polar surface area (TPSA) is 12.0 Å². The van der Waals surface area contributed by atoms with Gasteiger partial charge in [-0.3, -0.25) is 0 Å². The monoisotopic (exact) mass is 237 g/mol. The molecule has 1 aliphatic carbocycles. The van der Waals surface area contributed by atoms with Crippen molar-refractivity contribution in [2.75, 3.05) is 7.05 Å². The van der Waals surface area contributed by atoms with Gasteiger partial charge in [-0.05, 0) is 43.3 Å². The molecule has 0 amide bonds. The van der Waals surface area contributed by atoms with E-state index in [1.807, 2.05) is 11.3 Å². The molecule has 0 aliphatic heterocycles. The van der Waals surface area contributed by atoms with Gasteiger partial charge < -0.3 is 5.32 Å². The molecule has 1 unspecified atom stereocenters. The zero-order valence-corrected chi connectivity index (χ0v) is 11.3. The van der Waals surface area contributed by atoms with Crippen molar-refractivity contribution in [2.45, 2.75) is 51.5 Å². The van der Waals surface area contributed by atoms with Crippen LogP contribution in [0.15, 0.2) is 11.4 Å². The van der Waals surface area contributed by atoms with Crippen molar-refractivity contribution in [2.24, 2.45) is 5.92 Å². The molecule has 0 spiro atoms. The van der Waals surface area contributed by atoms with Gasteiger partial charge in [0.1, 0.15) is 0 Å². The Bertz CT molecular complexity index is 312. The van der Waals surface area contributed by atoms with E-state index in [0.717, 1.165) is 5.92 Å². The fourth-order valence-electron chi connectivity index (χ4n) is 2.82. The third kappa shape index (κ3) is 3.08. The standard InChI is InChI=1S/C14H23NS/c1-11-8-13(10-16-11)14(15-2)9-12-6-4-3-5-7-12/h8,10,12,14-15H,3-7,9H2,1-2H3. The molecule has 1 heterocycles. The SMILES string of the molecule is CNC(CC1CCCCC1)c1csc(C)c1. The van der Waals surface area contributed by atoms with Crippen LogP contribution in [0.25, 0.3) is 0 Å². The van der Waals surface area contributed by atoms with Gasteiger partial charge in [-0.15, -0.1) is 11.3 Å². The van der Waals surface area contributed by atoms with E-state index in [2.05, 4.69) is 30.7 Å². The maximum absolute atomic E-state index is 3.49. The van der Waals surface area contributed by atoms with Gasteiger partial charge in [0.2, 0.25) is 0 Å². The maximum Gasteiger partial charge on any atom is 0.0328 e. The first-order chi connectivity index (χ1) is 7.79. The number of hydrogen-bond acceptors (Lipinski definition) is 2. The van der Waals surface area contributed by atoms with Gasteiger partial charge in [0, 0.05) is 10.9 Å². The van der Waals surface area contributed by atoms with E-state index in [1.54, 1.807) is 0 Å². The molecule has 1 saturated carbocycles. The number of thiophene rings is 1. The van der Waals surface area contributed by atoms with Crippen molar-refractivity contribution >= 4 is 11.3 Å². The van der Waals surface area contributed by atoms with Crippen LogP contribution in [0.5, 0.6) is 0 Å². The molecule has 1 atom stereocenters. The van der Waals surface area contributed by atoms with E-state index in [9.17, 15) is 0 Å². The Balaban J connectivity index is 1.94. The molecule has 2 rings (SSSR count). The quantitative estimate of drug-likeness (QED) is 0.824. The molecule has 0 bridgehead atoms. The summed E-state index contributed by atoms with van der Waals surface area (Å²) in [5, 5.41) is 5.80. The average molecular weight is 237 g/mol. The fourth-order valence-corrected chi connectivity index (χ4v) is 3.58. The van der Waals surface area contributed by atoms with E-state index >= 15 is 0 Å². The van der Waals surface area contributed by atoms with Gasteiger partial charge in [-0.1, -0.05) is 32.1 Å². The van der Waals surface area contributed by atoms with Crippen molar-refractivity contribution in [1.82, 2.24) is 5.32 Å². The summed E-state index contributed by atoms with van der Waals surface area (Å²) in [4.78, 5) is 1.43. The highest BCUT2D eigenvalue weighted by Gasteiger charge is 2.19. The molecule has 1 aromatic rings. The van der Waals surface area contributed by atoms with E-state index in [0.29, 0.717) is 6.04 Å². The van der Waals surface area contributed by atoms with Gasteiger partial charge in [-0.2, -0.15) is 0 Å². The Kier molecular flexibility index (Phi) is 4.42. The molecule has 2 heteroatoms. The van der Waals surface area contributed by atoms with Crippen LogP contribution >= 0.6 is 11.3 Å². The molecular weight excluding hydrogens is 214 g/mol. The van der Waals surface area contributed by atoms with E-state index in [1.165, 1.54) is 49.0 Å². The Labute approximate surface area is 103 Å². The van der Waals surface area contributed by atoms with Crippen LogP contribution in [0.4, 0.5) is 0 Å². The average Bonchev–Trinajstić information content (AvgIpc) is 2.74. The molecule has 0 radical (unpaired) electrons. The maximum atomic E-state index is 3.49. The van der Waals surface area contributed by atoms with Crippen LogP contribution in [0, 0.1) is 12.8 Å². The van der Waals surface area contributed by atoms with Crippen molar-refractivity contribution in [3.05, 3.63) is 21.9 Å². The summed E-state index contributed by atoms with van der Waals surface area (Å²) in [5.41, 5.74) is 1.50.